The molecular weight excluding hydrogens is 198 g/mol. The first-order valence-electron chi connectivity index (χ1n) is 5.80. The van der Waals surface area contributed by atoms with Crippen molar-refractivity contribution >= 4 is 5.96 Å². The number of hydrogen-bond donors (Lipinski definition) is 2. The molecule has 0 spiro atoms. The van der Waals surface area contributed by atoms with Gasteiger partial charge in [-0.05, 0) is 11.5 Å². The molecule has 3 heteroatoms. The van der Waals surface area contributed by atoms with Gasteiger partial charge in [-0.3, -0.25) is 0 Å². The van der Waals surface area contributed by atoms with Gasteiger partial charge in [0.25, 0.3) is 0 Å². The fourth-order valence-electron chi connectivity index (χ4n) is 1.24. The highest BCUT2D eigenvalue weighted by Crippen LogP contribution is 2.00. The first kappa shape index (κ1) is 12.6. The Labute approximate surface area is 97.8 Å². The summed E-state index contributed by atoms with van der Waals surface area (Å²) in [6.45, 7) is 5.89. The molecule has 0 aliphatic heterocycles. The van der Waals surface area contributed by atoms with Gasteiger partial charge in [-0.25, -0.2) is 4.99 Å². The first-order chi connectivity index (χ1) is 7.72. The van der Waals surface area contributed by atoms with E-state index in [0.29, 0.717) is 18.4 Å². The minimum atomic E-state index is 0.532. The molecule has 1 unspecified atom stereocenters. The van der Waals surface area contributed by atoms with Crippen LogP contribution in [-0.2, 0) is 6.54 Å². The molecule has 1 aromatic carbocycles. The fourth-order valence-corrected chi connectivity index (χ4v) is 1.24. The minimum absolute atomic E-state index is 0.532. The molecule has 16 heavy (non-hydrogen) atoms. The maximum Gasteiger partial charge on any atom is 0.188 e. The summed E-state index contributed by atoms with van der Waals surface area (Å²) < 4.78 is 0. The van der Waals surface area contributed by atoms with Gasteiger partial charge in [-0.15, -0.1) is 0 Å². The molecule has 0 saturated heterocycles. The molecule has 0 aliphatic rings. The summed E-state index contributed by atoms with van der Waals surface area (Å²) >= 11 is 0. The Balaban J connectivity index is 2.34. The van der Waals surface area contributed by atoms with Gasteiger partial charge in [0, 0.05) is 6.54 Å². The van der Waals surface area contributed by atoms with E-state index in [0.717, 1.165) is 13.0 Å². The topological polar surface area (TPSA) is 50.4 Å². The Kier molecular flexibility index (Phi) is 5.40. The third-order valence-electron chi connectivity index (χ3n) is 2.60. The van der Waals surface area contributed by atoms with Crippen LogP contribution in [0.15, 0.2) is 35.3 Å². The van der Waals surface area contributed by atoms with Crippen molar-refractivity contribution in [2.75, 3.05) is 6.54 Å². The molecule has 88 valence electrons. The van der Waals surface area contributed by atoms with Crippen molar-refractivity contribution in [2.24, 2.45) is 16.6 Å². The smallest absolute Gasteiger partial charge is 0.188 e. The molecular formula is C13H21N3. The van der Waals surface area contributed by atoms with Gasteiger partial charge in [0.15, 0.2) is 5.96 Å². The molecule has 0 bridgehead atoms. The van der Waals surface area contributed by atoms with Crippen molar-refractivity contribution < 1.29 is 0 Å². The lowest BCUT2D eigenvalue weighted by atomic mass is 10.1. The van der Waals surface area contributed by atoms with Gasteiger partial charge >= 0.3 is 0 Å². The van der Waals surface area contributed by atoms with E-state index in [9.17, 15) is 0 Å². The zero-order valence-electron chi connectivity index (χ0n) is 10.1. The molecule has 0 fully saturated rings. The average Bonchev–Trinajstić information content (AvgIpc) is 2.34. The lowest BCUT2D eigenvalue weighted by Crippen LogP contribution is -2.34. The van der Waals surface area contributed by atoms with E-state index < -0.39 is 0 Å². The van der Waals surface area contributed by atoms with Crippen LogP contribution in [0.4, 0.5) is 0 Å². The van der Waals surface area contributed by atoms with Crippen molar-refractivity contribution in [3.63, 3.8) is 0 Å². The van der Waals surface area contributed by atoms with E-state index in [2.05, 4.69) is 24.2 Å². The van der Waals surface area contributed by atoms with Crippen molar-refractivity contribution in [1.82, 2.24) is 5.32 Å². The third-order valence-corrected chi connectivity index (χ3v) is 2.60. The predicted octanol–water partition coefficient (Wildman–Crippen LogP) is 2.14. The lowest BCUT2D eigenvalue weighted by molar-refractivity contribution is 0.547. The van der Waals surface area contributed by atoms with Gasteiger partial charge in [-0.2, -0.15) is 0 Å². The van der Waals surface area contributed by atoms with Gasteiger partial charge in [0.05, 0.1) is 6.54 Å². The highest BCUT2D eigenvalue weighted by molar-refractivity contribution is 5.77. The largest absolute Gasteiger partial charge is 0.370 e. The molecule has 0 radical (unpaired) electrons. The molecule has 1 aromatic rings. The van der Waals surface area contributed by atoms with Crippen LogP contribution in [0.1, 0.15) is 25.8 Å². The van der Waals surface area contributed by atoms with Crippen LogP contribution in [0.5, 0.6) is 0 Å². The summed E-state index contributed by atoms with van der Waals surface area (Å²) in [6.07, 6.45) is 1.15. The number of benzene rings is 1. The molecule has 0 aliphatic carbocycles. The van der Waals surface area contributed by atoms with E-state index in [1.54, 1.807) is 0 Å². The first-order valence-corrected chi connectivity index (χ1v) is 5.80. The quantitative estimate of drug-likeness (QED) is 0.589. The van der Waals surface area contributed by atoms with Crippen LogP contribution >= 0.6 is 0 Å². The normalized spacial score (nSPS) is 13.5. The van der Waals surface area contributed by atoms with Gasteiger partial charge in [-0.1, -0.05) is 50.6 Å². The number of guanidine groups is 1. The Morgan fingerprint density at radius 3 is 2.69 bits per heavy atom. The van der Waals surface area contributed by atoms with Crippen molar-refractivity contribution in [2.45, 2.75) is 26.8 Å². The second-order valence-electron chi connectivity index (χ2n) is 4.08. The SMILES string of the molecule is CCC(C)CNC(N)=NCc1ccccc1. The number of nitrogens with zero attached hydrogens (tertiary/aromatic N) is 1. The van der Waals surface area contributed by atoms with Crippen LogP contribution in [0.25, 0.3) is 0 Å². The van der Waals surface area contributed by atoms with E-state index in [-0.39, 0.29) is 0 Å². The van der Waals surface area contributed by atoms with Crippen molar-refractivity contribution in [1.29, 1.82) is 0 Å². The predicted molar refractivity (Wildman–Crippen MR) is 69.2 cm³/mol. The summed E-state index contributed by atoms with van der Waals surface area (Å²) in [7, 11) is 0. The zero-order valence-corrected chi connectivity index (χ0v) is 10.1. The molecule has 0 aromatic heterocycles. The van der Waals surface area contributed by atoms with Gasteiger partial charge in [0.2, 0.25) is 0 Å². The molecule has 3 N–H and O–H groups in total. The molecule has 3 nitrogen and oxygen atoms in total. The van der Waals surface area contributed by atoms with Crippen molar-refractivity contribution in [3.8, 4) is 0 Å². The summed E-state index contributed by atoms with van der Waals surface area (Å²) in [4.78, 5) is 4.28. The van der Waals surface area contributed by atoms with E-state index >= 15 is 0 Å². The Morgan fingerprint density at radius 2 is 2.06 bits per heavy atom. The van der Waals surface area contributed by atoms with E-state index in [4.69, 9.17) is 5.73 Å². The summed E-state index contributed by atoms with van der Waals surface area (Å²) in [5.74, 6) is 1.16. The molecule has 0 saturated carbocycles. The number of nitrogens with two attached hydrogens (primary N) is 1. The number of rotatable bonds is 5. The van der Waals surface area contributed by atoms with Crippen LogP contribution in [0.3, 0.4) is 0 Å². The second-order valence-corrected chi connectivity index (χ2v) is 4.08. The molecule has 1 rings (SSSR count). The van der Waals surface area contributed by atoms with Gasteiger partial charge < -0.3 is 11.1 Å². The third kappa shape index (κ3) is 4.82. The Morgan fingerprint density at radius 1 is 1.38 bits per heavy atom. The molecule has 0 amide bonds. The van der Waals surface area contributed by atoms with Gasteiger partial charge in [0.1, 0.15) is 0 Å². The maximum atomic E-state index is 5.76. The maximum absolute atomic E-state index is 5.76. The number of hydrogen-bond acceptors (Lipinski definition) is 1. The lowest BCUT2D eigenvalue weighted by Gasteiger charge is -2.10. The summed E-state index contributed by atoms with van der Waals surface area (Å²) in [6, 6.07) is 10.1. The van der Waals surface area contributed by atoms with Crippen LogP contribution in [-0.4, -0.2) is 12.5 Å². The summed E-state index contributed by atoms with van der Waals surface area (Å²) in [5.41, 5.74) is 6.94. The zero-order chi connectivity index (χ0) is 11.8. The van der Waals surface area contributed by atoms with E-state index in [1.165, 1.54) is 5.56 Å². The Hall–Kier alpha value is -1.51. The van der Waals surface area contributed by atoms with E-state index in [1.807, 2.05) is 30.3 Å². The van der Waals surface area contributed by atoms with Crippen molar-refractivity contribution in [3.05, 3.63) is 35.9 Å². The van der Waals surface area contributed by atoms with Crippen LogP contribution < -0.4 is 11.1 Å². The highest BCUT2D eigenvalue weighted by Gasteiger charge is 1.98. The Bertz CT molecular complexity index is 319. The molecule has 1 atom stereocenters. The average molecular weight is 219 g/mol. The van der Waals surface area contributed by atoms with Crippen LogP contribution in [0.2, 0.25) is 0 Å². The second kappa shape index (κ2) is 6.88. The number of nitrogens with one attached hydrogen (secondary N) is 1. The standard InChI is InChI=1S/C13H21N3/c1-3-11(2)9-15-13(14)16-10-12-7-5-4-6-8-12/h4-8,11H,3,9-10H2,1-2H3,(H3,14,15,16). The minimum Gasteiger partial charge on any atom is -0.370 e. The number of aliphatic imine (C=N–C) groups is 1. The van der Waals surface area contributed by atoms with Crippen LogP contribution in [0, 0.1) is 5.92 Å². The highest BCUT2D eigenvalue weighted by atomic mass is 15.1. The molecule has 0 heterocycles. The fraction of sp³-hybridized carbons (Fsp3) is 0.462. The summed E-state index contributed by atoms with van der Waals surface area (Å²) in [5, 5.41) is 3.13. The monoisotopic (exact) mass is 219 g/mol.